The van der Waals surface area contributed by atoms with Crippen LogP contribution in [-0.2, 0) is 9.59 Å². The van der Waals surface area contributed by atoms with E-state index in [-0.39, 0.29) is 30.8 Å². The van der Waals surface area contributed by atoms with E-state index in [4.69, 9.17) is 4.74 Å². The zero-order chi connectivity index (χ0) is 20.8. The first-order valence-corrected chi connectivity index (χ1v) is 9.67. The first-order valence-electron chi connectivity index (χ1n) is 9.67. The van der Waals surface area contributed by atoms with Crippen LogP contribution in [0.1, 0.15) is 11.1 Å². The number of hydrogen-bond acceptors (Lipinski definition) is 4. The van der Waals surface area contributed by atoms with Crippen LogP contribution in [0.3, 0.4) is 0 Å². The highest BCUT2D eigenvalue weighted by atomic mass is 19.1. The zero-order valence-electron chi connectivity index (χ0n) is 16.8. The van der Waals surface area contributed by atoms with E-state index in [0.717, 1.165) is 16.9 Å². The molecule has 1 heterocycles. The van der Waals surface area contributed by atoms with Crippen molar-refractivity contribution in [1.29, 1.82) is 0 Å². The van der Waals surface area contributed by atoms with Crippen molar-refractivity contribution < 1.29 is 18.7 Å². The Morgan fingerprint density at radius 2 is 1.62 bits per heavy atom. The summed E-state index contributed by atoms with van der Waals surface area (Å²) in [7, 11) is 0. The Morgan fingerprint density at radius 1 is 1.00 bits per heavy atom. The van der Waals surface area contributed by atoms with E-state index in [0.29, 0.717) is 31.9 Å². The van der Waals surface area contributed by atoms with Crippen molar-refractivity contribution >= 4 is 17.5 Å². The van der Waals surface area contributed by atoms with Gasteiger partial charge in [0, 0.05) is 31.9 Å². The van der Waals surface area contributed by atoms with Gasteiger partial charge in [0.15, 0.2) is 6.61 Å². The van der Waals surface area contributed by atoms with Crippen molar-refractivity contribution in [3.05, 3.63) is 59.4 Å². The van der Waals surface area contributed by atoms with Crippen molar-refractivity contribution in [2.24, 2.45) is 0 Å². The molecule has 1 fully saturated rings. The van der Waals surface area contributed by atoms with E-state index in [1.807, 2.05) is 36.9 Å². The molecule has 0 atom stereocenters. The molecule has 6 nitrogen and oxygen atoms in total. The molecule has 0 unspecified atom stereocenters. The predicted molar refractivity (Wildman–Crippen MR) is 109 cm³/mol. The third kappa shape index (κ3) is 5.77. The third-order valence-corrected chi connectivity index (χ3v) is 4.97. The summed E-state index contributed by atoms with van der Waals surface area (Å²) in [4.78, 5) is 28.4. The number of aryl methyl sites for hydroxylation is 2. The number of hydrogen-bond donors (Lipinski definition) is 1. The van der Waals surface area contributed by atoms with Gasteiger partial charge in [-0.2, -0.15) is 0 Å². The van der Waals surface area contributed by atoms with Crippen LogP contribution in [0.15, 0.2) is 42.5 Å². The monoisotopic (exact) mass is 399 g/mol. The summed E-state index contributed by atoms with van der Waals surface area (Å²) in [6.45, 7) is 6.51. The molecule has 1 saturated heterocycles. The van der Waals surface area contributed by atoms with E-state index in [2.05, 4.69) is 5.32 Å². The highest BCUT2D eigenvalue weighted by molar-refractivity contribution is 5.92. The zero-order valence-corrected chi connectivity index (χ0v) is 16.8. The molecule has 1 N–H and O–H groups in total. The molecule has 29 heavy (non-hydrogen) atoms. The Kier molecular flexibility index (Phi) is 6.82. The maximum atomic E-state index is 12.9. The number of carbonyl (C=O) groups is 2. The van der Waals surface area contributed by atoms with Gasteiger partial charge in [-0.05, 0) is 49.2 Å². The number of amides is 2. The van der Waals surface area contributed by atoms with Crippen molar-refractivity contribution in [3.8, 4) is 5.75 Å². The van der Waals surface area contributed by atoms with Crippen LogP contribution in [0.2, 0.25) is 0 Å². The molecule has 2 aromatic carbocycles. The number of para-hydroxylation sites is 1. The van der Waals surface area contributed by atoms with E-state index < -0.39 is 0 Å². The summed E-state index contributed by atoms with van der Waals surface area (Å²) in [6.07, 6.45) is 0. The van der Waals surface area contributed by atoms with Gasteiger partial charge in [0.05, 0.1) is 6.54 Å². The molecular weight excluding hydrogens is 373 g/mol. The molecule has 1 aliphatic heterocycles. The Balaban J connectivity index is 1.42. The fourth-order valence-corrected chi connectivity index (χ4v) is 3.34. The SMILES string of the molecule is Cc1cccc(C)c1OCC(=O)N1CCN(CC(=O)Nc2ccc(F)cc2)CC1. The number of carbonyl (C=O) groups excluding carboxylic acids is 2. The second-order valence-corrected chi connectivity index (χ2v) is 7.22. The standard InChI is InChI=1S/C22H26FN3O3/c1-16-4-3-5-17(2)22(16)29-15-21(28)26-12-10-25(11-13-26)14-20(27)24-19-8-6-18(23)7-9-19/h3-9H,10-15H2,1-2H3,(H,24,27). The van der Waals surface area contributed by atoms with Gasteiger partial charge in [-0.15, -0.1) is 0 Å². The second-order valence-electron chi connectivity index (χ2n) is 7.22. The molecule has 0 radical (unpaired) electrons. The molecule has 2 aromatic rings. The van der Waals surface area contributed by atoms with Gasteiger partial charge in [-0.1, -0.05) is 18.2 Å². The largest absolute Gasteiger partial charge is 0.483 e. The summed E-state index contributed by atoms with van der Waals surface area (Å²) < 4.78 is 18.7. The van der Waals surface area contributed by atoms with Crippen LogP contribution in [0.4, 0.5) is 10.1 Å². The smallest absolute Gasteiger partial charge is 0.260 e. The van der Waals surface area contributed by atoms with Gasteiger partial charge in [-0.25, -0.2) is 4.39 Å². The molecule has 3 rings (SSSR count). The normalized spacial score (nSPS) is 14.5. The van der Waals surface area contributed by atoms with Gasteiger partial charge < -0.3 is 15.0 Å². The molecular formula is C22H26FN3O3. The number of nitrogens with zero attached hydrogens (tertiary/aromatic N) is 2. The minimum absolute atomic E-state index is 0.0107. The fourth-order valence-electron chi connectivity index (χ4n) is 3.34. The van der Waals surface area contributed by atoms with Crippen LogP contribution in [0.25, 0.3) is 0 Å². The van der Waals surface area contributed by atoms with Gasteiger partial charge in [-0.3, -0.25) is 14.5 Å². The maximum absolute atomic E-state index is 12.9. The van der Waals surface area contributed by atoms with E-state index in [1.54, 1.807) is 4.90 Å². The lowest BCUT2D eigenvalue weighted by Gasteiger charge is -2.34. The van der Waals surface area contributed by atoms with Crippen molar-refractivity contribution in [3.63, 3.8) is 0 Å². The Hall–Kier alpha value is -2.93. The number of benzene rings is 2. The number of anilines is 1. The molecule has 0 bridgehead atoms. The molecule has 7 heteroatoms. The lowest BCUT2D eigenvalue weighted by molar-refractivity contribution is -0.135. The molecule has 0 aliphatic carbocycles. The summed E-state index contributed by atoms with van der Waals surface area (Å²) in [5, 5.41) is 2.75. The van der Waals surface area contributed by atoms with Crippen LogP contribution in [0, 0.1) is 19.7 Å². The average Bonchev–Trinajstić information content (AvgIpc) is 2.70. The maximum Gasteiger partial charge on any atom is 0.260 e. The molecule has 2 amide bonds. The molecule has 154 valence electrons. The minimum Gasteiger partial charge on any atom is -0.483 e. The summed E-state index contributed by atoms with van der Waals surface area (Å²) in [5.74, 6) is 0.208. The van der Waals surface area contributed by atoms with Crippen molar-refractivity contribution in [2.75, 3.05) is 44.6 Å². The predicted octanol–water partition coefficient (Wildman–Crippen LogP) is 2.60. The van der Waals surface area contributed by atoms with Gasteiger partial charge in [0.2, 0.25) is 5.91 Å². The van der Waals surface area contributed by atoms with Crippen LogP contribution in [0.5, 0.6) is 5.75 Å². The summed E-state index contributed by atoms with van der Waals surface area (Å²) in [6, 6.07) is 11.6. The number of rotatable bonds is 6. The third-order valence-electron chi connectivity index (χ3n) is 4.97. The van der Waals surface area contributed by atoms with Crippen LogP contribution < -0.4 is 10.1 Å². The molecule has 1 aliphatic rings. The Labute approximate surface area is 170 Å². The van der Waals surface area contributed by atoms with E-state index in [1.165, 1.54) is 24.3 Å². The van der Waals surface area contributed by atoms with Crippen molar-refractivity contribution in [2.45, 2.75) is 13.8 Å². The number of piperazine rings is 1. The van der Waals surface area contributed by atoms with Gasteiger partial charge in [0.1, 0.15) is 11.6 Å². The van der Waals surface area contributed by atoms with E-state index in [9.17, 15) is 14.0 Å². The summed E-state index contributed by atoms with van der Waals surface area (Å²) in [5.41, 5.74) is 2.58. The van der Waals surface area contributed by atoms with Crippen LogP contribution >= 0.6 is 0 Å². The summed E-state index contributed by atoms with van der Waals surface area (Å²) >= 11 is 0. The highest BCUT2D eigenvalue weighted by Crippen LogP contribution is 2.22. The number of halogens is 1. The minimum atomic E-state index is -0.342. The van der Waals surface area contributed by atoms with Gasteiger partial charge >= 0.3 is 0 Å². The van der Waals surface area contributed by atoms with Crippen LogP contribution in [-0.4, -0.2) is 60.9 Å². The van der Waals surface area contributed by atoms with Crippen molar-refractivity contribution in [1.82, 2.24) is 9.80 Å². The highest BCUT2D eigenvalue weighted by Gasteiger charge is 2.23. The second kappa shape index (κ2) is 9.52. The molecule has 0 saturated carbocycles. The molecule has 0 aromatic heterocycles. The van der Waals surface area contributed by atoms with Gasteiger partial charge in [0.25, 0.3) is 5.91 Å². The number of ether oxygens (including phenoxy) is 1. The first-order chi connectivity index (χ1) is 13.9. The quantitative estimate of drug-likeness (QED) is 0.811. The molecule has 0 spiro atoms. The lowest BCUT2D eigenvalue weighted by Crippen LogP contribution is -2.51. The fraction of sp³-hybridized carbons (Fsp3) is 0.364. The Bertz CT molecular complexity index is 842. The topological polar surface area (TPSA) is 61.9 Å². The number of nitrogens with one attached hydrogen (secondary N) is 1. The lowest BCUT2D eigenvalue weighted by atomic mass is 10.1. The van der Waals surface area contributed by atoms with E-state index >= 15 is 0 Å². The average molecular weight is 399 g/mol. The first kappa shape index (κ1) is 20.8. The Morgan fingerprint density at radius 3 is 2.24 bits per heavy atom.